The van der Waals surface area contributed by atoms with Crippen LogP contribution in [0.25, 0.3) is 0 Å². The molecule has 1 aliphatic rings. The van der Waals surface area contributed by atoms with Crippen molar-refractivity contribution in [2.45, 2.75) is 38.6 Å². The lowest BCUT2D eigenvalue weighted by atomic mass is 10.1. The lowest BCUT2D eigenvalue weighted by Gasteiger charge is -2.13. The molecule has 3 nitrogen and oxygen atoms in total. The van der Waals surface area contributed by atoms with E-state index < -0.39 is 0 Å². The summed E-state index contributed by atoms with van der Waals surface area (Å²) in [7, 11) is 3.35. The van der Waals surface area contributed by atoms with Gasteiger partial charge in [0.15, 0.2) is 11.5 Å². The third-order valence-corrected chi connectivity index (χ3v) is 3.99. The van der Waals surface area contributed by atoms with E-state index in [4.69, 9.17) is 9.47 Å². The van der Waals surface area contributed by atoms with Crippen molar-refractivity contribution >= 4 is 0 Å². The molecule has 0 radical (unpaired) electrons. The van der Waals surface area contributed by atoms with Gasteiger partial charge in [0.05, 0.1) is 14.2 Å². The Labute approximate surface area is 116 Å². The molecule has 0 heterocycles. The van der Waals surface area contributed by atoms with Gasteiger partial charge in [-0.05, 0) is 55.8 Å². The molecule has 0 bridgehead atoms. The highest BCUT2D eigenvalue weighted by Crippen LogP contribution is 2.28. The van der Waals surface area contributed by atoms with Crippen molar-refractivity contribution in [1.82, 2.24) is 5.32 Å². The molecular weight excluding hydrogens is 238 g/mol. The number of nitrogens with one attached hydrogen (secondary N) is 1. The van der Waals surface area contributed by atoms with Gasteiger partial charge in [0.25, 0.3) is 0 Å². The van der Waals surface area contributed by atoms with Crippen molar-refractivity contribution in [3.05, 3.63) is 23.8 Å². The van der Waals surface area contributed by atoms with Gasteiger partial charge < -0.3 is 14.8 Å². The summed E-state index contributed by atoms with van der Waals surface area (Å²) in [5.74, 6) is 2.50. The number of rotatable bonds is 6. The molecule has 1 aromatic rings. The van der Waals surface area contributed by atoms with Crippen molar-refractivity contribution < 1.29 is 9.47 Å². The normalized spacial score (nSPS) is 22.5. The summed E-state index contributed by atoms with van der Waals surface area (Å²) in [5, 5.41) is 3.65. The second-order valence-corrected chi connectivity index (χ2v) is 5.51. The molecule has 1 N–H and O–H groups in total. The van der Waals surface area contributed by atoms with Crippen LogP contribution in [-0.2, 0) is 6.42 Å². The molecule has 0 unspecified atom stereocenters. The summed E-state index contributed by atoms with van der Waals surface area (Å²) < 4.78 is 10.6. The highest BCUT2D eigenvalue weighted by molar-refractivity contribution is 5.42. The highest BCUT2D eigenvalue weighted by Gasteiger charge is 2.20. The third-order valence-electron chi connectivity index (χ3n) is 3.99. The molecule has 0 aliphatic heterocycles. The average Bonchev–Trinajstić information content (AvgIpc) is 2.84. The van der Waals surface area contributed by atoms with Gasteiger partial charge in [-0.3, -0.25) is 0 Å². The van der Waals surface area contributed by atoms with E-state index in [1.54, 1.807) is 14.2 Å². The van der Waals surface area contributed by atoms with Crippen LogP contribution in [0.4, 0.5) is 0 Å². The zero-order valence-corrected chi connectivity index (χ0v) is 12.2. The number of methoxy groups -OCH3 is 2. The van der Waals surface area contributed by atoms with E-state index in [1.165, 1.54) is 24.8 Å². The molecule has 3 heteroatoms. The first kappa shape index (κ1) is 14.2. The lowest BCUT2D eigenvalue weighted by Crippen LogP contribution is -2.28. The van der Waals surface area contributed by atoms with Gasteiger partial charge in [-0.15, -0.1) is 0 Å². The number of hydrogen-bond donors (Lipinski definition) is 1. The third kappa shape index (κ3) is 3.87. The molecule has 0 aromatic heterocycles. The fraction of sp³-hybridized carbons (Fsp3) is 0.625. The van der Waals surface area contributed by atoms with Gasteiger partial charge in [-0.1, -0.05) is 13.0 Å². The lowest BCUT2D eigenvalue weighted by molar-refractivity contribution is 0.354. The first-order valence-electron chi connectivity index (χ1n) is 7.17. The van der Waals surface area contributed by atoms with Crippen LogP contribution < -0.4 is 14.8 Å². The topological polar surface area (TPSA) is 30.5 Å². The summed E-state index contributed by atoms with van der Waals surface area (Å²) in [6, 6.07) is 6.87. The smallest absolute Gasteiger partial charge is 0.160 e. The molecule has 1 fully saturated rings. The highest BCUT2D eigenvalue weighted by atomic mass is 16.5. The van der Waals surface area contributed by atoms with E-state index in [-0.39, 0.29) is 0 Å². The Hall–Kier alpha value is -1.22. The maximum absolute atomic E-state index is 5.33. The predicted molar refractivity (Wildman–Crippen MR) is 78.1 cm³/mol. The largest absolute Gasteiger partial charge is 0.493 e. The van der Waals surface area contributed by atoms with Crippen molar-refractivity contribution in [2.75, 3.05) is 20.8 Å². The molecule has 2 atom stereocenters. The van der Waals surface area contributed by atoms with Crippen LogP contribution in [0.1, 0.15) is 31.7 Å². The summed E-state index contributed by atoms with van der Waals surface area (Å²) in [5.41, 5.74) is 1.29. The van der Waals surface area contributed by atoms with E-state index >= 15 is 0 Å². The van der Waals surface area contributed by atoms with E-state index in [9.17, 15) is 0 Å². The Morgan fingerprint density at radius 1 is 1.16 bits per heavy atom. The van der Waals surface area contributed by atoms with Crippen molar-refractivity contribution in [3.63, 3.8) is 0 Å². The van der Waals surface area contributed by atoms with Crippen LogP contribution in [0.2, 0.25) is 0 Å². The maximum atomic E-state index is 5.33. The van der Waals surface area contributed by atoms with Gasteiger partial charge in [-0.2, -0.15) is 0 Å². The summed E-state index contributed by atoms with van der Waals surface area (Å²) >= 11 is 0. The van der Waals surface area contributed by atoms with Gasteiger partial charge in [0.2, 0.25) is 0 Å². The zero-order valence-electron chi connectivity index (χ0n) is 12.2. The van der Waals surface area contributed by atoms with E-state index in [0.717, 1.165) is 36.4 Å². The number of hydrogen-bond acceptors (Lipinski definition) is 3. The van der Waals surface area contributed by atoms with Gasteiger partial charge in [0.1, 0.15) is 0 Å². The van der Waals surface area contributed by atoms with Crippen molar-refractivity contribution in [1.29, 1.82) is 0 Å². The molecule has 0 amide bonds. The molecular formula is C16H25NO2. The van der Waals surface area contributed by atoms with E-state index in [2.05, 4.69) is 24.4 Å². The predicted octanol–water partition coefficient (Wildman–Crippen LogP) is 3.02. The first-order chi connectivity index (χ1) is 9.22. The molecule has 19 heavy (non-hydrogen) atoms. The summed E-state index contributed by atoms with van der Waals surface area (Å²) in [6.45, 7) is 3.38. The molecule has 0 spiro atoms. The van der Waals surface area contributed by atoms with Crippen LogP contribution in [0.3, 0.4) is 0 Å². The van der Waals surface area contributed by atoms with Gasteiger partial charge in [-0.25, -0.2) is 0 Å². The minimum Gasteiger partial charge on any atom is -0.493 e. The molecule has 0 saturated heterocycles. The fourth-order valence-corrected chi connectivity index (χ4v) is 2.85. The minimum absolute atomic E-state index is 0.718. The Kier molecular flexibility index (Phi) is 5.08. The Morgan fingerprint density at radius 2 is 1.95 bits per heavy atom. The van der Waals surface area contributed by atoms with Crippen LogP contribution in [0.5, 0.6) is 11.5 Å². The standard InChI is InChI=1S/C16H25NO2/c1-12-4-6-14(10-12)17-9-8-13-5-7-15(18-2)16(11-13)19-3/h5,7,11-12,14,17H,4,6,8-10H2,1-3H3/t12-,14-/m0/s1. The molecule has 1 aliphatic carbocycles. The summed E-state index contributed by atoms with van der Waals surface area (Å²) in [4.78, 5) is 0. The minimum atomic E-state index is 0.718. The quantitative estimate of drug-likeness (QED) is 0.855. The maximum Gasteiger partial charge on any atom is 0.160 e. The second kappa shape index (κ2) is 6.80. The van der Waals surface area contributed by atoms with Gasteiger partial charge in [0, 0.05) is 6.04 Å². The molecule has 1 saturated carbocycles. The Bertz CT molecular complexity index is 406. The Morgan fingerprint density at radius 3 is 2.58 bits per heavy atom. The SMILES string of the molecule is COc1ccc(CCN[C@H]2CC[C@H](C)C2)cc1OC. The van der Waals surface area contributed by atoms with Gasteiger partial charge >= 0.3 is 0 Å². The number of ether oxygens (including phenoxy) is 2. The zero-order chi connectivity index (χ0) is 13.7. The monoisotopic (exact) mass is 263 g/mol. The molecule has 1 aromatic carbocycles. The second-order valence-electron chi connectivity index (χ2n) is 5.51. The van der Waals surface area contributed by atoms with Crippen LogP contribution in [0, 0.1) is 5.92 Å². The first-order valence-corrected chi connectivity index (χ1v) is 7.17. The van der Waals surface area contributed by atoms with E-state index in [1.807, 2.05) is 6.07 Å². The van der Waals surface area contributed by atoms with Crippen LogP contribution >= 0.6 is 0 Å². The van der Waals surface area contributed by atoms with Crippen LogP contribution in [-0.4, -0.2) is 26.8 Å². The average molecular weight is 263 g/mol. The van der Waals surface area contributed by atoms with E-state index in [0.29, 0.717) is 0 Å². The number of benzene rings is 1. The molecule has 106 valence electrons. The van der Waals surface area contributed by atoms with Crippen molar-refractivity contribution in [2.24, 2.45) is 5.92 Å². The van der Waals surface area contributed by atoms with Crippen LogP contribution in [0.15, 0.2) is 18.2 Å². The molecule has 2 rings (SSSR count). The summed E-state index contributed by atoms with van der Waals surface area (Å²) in [6.07, 6.45) is 5.05. The van der Waals surface area contributed by atoms with Crippen molar-refractivity contribution in [3.8, 4) is 11.5 Å². The fourth-order valence-electron chi connectivity index (χ4n) is 2.85. The Balaban J connectivity index is 1.82.